The summed E-state index contributed by atoms with van der Waals surface area (Å²) in [7, 11) is 0. The molecule has 6 rings (SSSR count). The summed E-state index contributed by atoms with van der Waals surface area (Å²) in [6.45, 7) is 3.02. The van der Waals surface area contributed by atoms with Crippen molar-refractivity contribution in [1.82, 2.24) is 0 Å². The fraction of sp³-hybridized carbons (Fsp3) is 0.722. The molecule has 0 spiro atoms. The van der Waals surface area contributed by atoms with Gasteiger partial charge in [0, 0.05) is 10.8 Å². The molecule has 4 bridgehead atoms. The fourth-order valence-electron chi connectivity index (χ4n) is 6.21. The molecule has 1 aromatic heterocycles. The number of nitrogens with zero attached hydrogens (tertiary/aromatic N) is 2. The lowest BCUT2D eigenvalue weighted by Crippen LogP contribution is -3.00. The maximum absolute atomic E-state index is 5.52. The maximum Gasteiger partial charge on any atom is 0.337 e. The van der Waals surface area contributed by atoms with Gasteiger partial charge in [0.2, 0.25) is 0 Å². The van der Waals surface area contributed by atoms with Crippen LogP contribution in [0.25, 0.3) is 0 Å². The van der Waals surface area contributed by atoms with Crippen LogP contribution in [0.5, 0.6) is 0 Å². The van der Waals surface area contributed by atoms with Gasteiger partial charge in [-0.15, -0.1) is 6.42 Å². The van der Waals surface area contributed by atoms with E-state index in [-0.39, 0.29) is 17.0 Å². The van der Waals surface area contributed by atoms with Crippen LogP contribution in [0.2, 0.25) is 0 Å². The quantitative estimate of drug-likeness (QED) is 0.517. The van der Waals surface area contributed by atoms with Crippen LogP contribution >= 0.6 is 11.3 Å². The Kier molecular flexibility index (Phi) is 3.58. The summed E-state index contributed by atoms with van der Waals surface area (Å²) in [6, 6.07) is 0. The highest BCUT2D eigenvalue weighted by atomic mass is 79.9. The van der Waals surface area contributed by atoms with Crippen LogP contribution in [0.15, 0.2) is 5.38 Å². The van der Waals surface area contributed by atoms with Crippen LogP contribution in [0, 0.1) is 30.1 Å². The van der Waals surface area contributed by atoms with Crippen LogP contribution in [0.4, 0.5) is 5.13 Å². The van der Waals surface area contributed by atoms with Crippen molar-refractivity contribution in [2.75, 3.05) is 18.0 Å². The predicted octanol–water partition coefficient (Wildman–Crippen LogP) is -0.0394. The molecule has 4 saturated carbocycles. The second kappa shape index (κ2) is 5.24. The molecule has 5 aliphatic rings. The van der Waals surface area contributed by atoms with Crippen molar-refractivity contribution in [2.45, 2.75) is 50.5 Å². The zero-order valence-electron chi connectivity index (χ0n) is 12.9. The number of terminal acetylenes is 1. The van der Waals surface area contributed by atoms with Gasteiger partial charge in [0.15, 0.2) is 0 Å². The normalized spacial score (nSPS) is 37.8. The van der Waals surface area contributed by atoms with Gasteiger partial charge < -0.3 is 17.0 Å². The Labute approximate surface area is 147 Å². The van der Waals surface area contributed by atoms with E-state index in [1.807, 2.05) is 11.3 Å². The number of hydrogen-bond donors (Lipinski definition) is 0. The summed E-state index contributed by atoms with van der Waals surface area (Å²) in [5.74, 6) is 5.89. The van der Waals surface area contributed by atoms with Gasteiger partial charge in [0.25, 0.3) is 0 Å². The summed E-state index contributed by atoms with van der Waals surface area (Å²) in [4.78, 5) is 2.38. The summed E-state index contributed by atoms with van der Waals surface area (Å²) >= 11 is 1.93. The SMILES string of the molecule is C#CCN1CC[n+]2c(C34CC5CC(CC(C5)C3)C4)csc21.[Br-]. The third kappa shape index (κ3) is 2.01. The summed E-state index contributed by atoms with van der Waals surface area (Å²) in [6.07, 6.45) is 14.5. The van der Waals surface area contributed by atoms with E-state index < -0.39 is 0 Å². The molecule has 0 radical (unpaired) electrons. The van der Waals surface area contributed by atoms with Crippen LogP contribution < -0.4 is 26.4 Å². The Balaban J connectivity index is 0.00000125. The number of anilines is 1. The Morgan fingerprint density at radius 3 is 2.45 bits per heavy atom. The summed E-state index contributed by atoms with van der Waals surface area (Å²) < 4.78 is 2.62. The molecular formula is C18H23BrN2S. The molecule has 2 heterocycles. The number of rotatable bonds is 2. The number of hydrogen-bond acceptors (Lipinski definition) is 2. The lowest BCUT2D eigenvalue weighted by molar-refractivity contribution is -0.679. The van der Waals surface area contributed by atoms with Crippen molar-refractivity contribution in [3.63, 3.8) is 0 Å². The second-order valence-corrected chi connectivity index (χ2v) is 8.72. The Morgan fingerprint density at radius 2 is 1.86 bits per heavy atom. The first-order valence-electron chi connectivity index (χ1n) is 8.48. The van der Waals surface area contributed by atoms with Crippen LogP contribution in [-0.2, 0) is 12.0 Å². The number of aromatic nitrogens is 1. The fourth-order valence-corrected chi connectivity index (χ4v) is 7.43. The number of thiazole rings is 1. The zero-order valence-corrected chi connectivity index (χ0v) is 15.3. The highest BCUT2D eigenvalue weighted by molar-refractivity contribution is 7.13. The van der Waals surface area contributed by atoms with Gasteiger partial charge in [-0.05, 0) is 56.3 Å². The van der Waals surface area contributed by atoms with Gasteiger partial charge in [-0.1, -0.05) is 17.3 Å². The van der Waals surface area contributed by atoms with E-state index in [9.17, 15) is 0 Å². The lowest BCUT2D eigenvalue weighted by Gasteiger charge is -2.55. The molecule has 4 heteroatoms. The Morgan fingerprint density at radius 1 is 1.23 bits per heavy atom. The van der Waals surface area contributed by atoms with Crippen molar-refractivity contribution >= 4 is 16.5 Å². The molecule has 1 aliphatic heterocycles. The average Bonchev–Trinajstić information content (AvgIpc) is 3.00. The largest absolute Gasteiger partial charge is 1.00 e. The van der Waals surface area contributed by atoms with Crippen LogP contribution in [0.3, 0.4) is 0 Å². The highest BCUT2D eigenvalue weighted by Gasteiger charge is 2.55. The minimum Gasteiger partial charge on any atom is -1.00 e. The standard InChI is InChI=1S/C18H23N2S.BrH/c1-2-3-19-4-5-20-16(12-21-17(19)20)18-9-13-6-14(10-18)8-15(7-13)11-18;/h1,12-15H,3-11H2;1H/q+1;/p-1. The van der Waals surface area contributed by atoms with Gasteiger partial charge >= 0.3 is 5.13 Å². The van der Waals surface area contributed by atoms with Crippen molar-refractivity contribution in [3.8, 4) is 12.3 Å². The van der Waals surface area contributed by atoms with Gasteiger partial charge in [0.1, 0.15) is 25.3 Å². The van der Waals surface area contributed by atoms with E-state index >= 15 is 0 Å². The summed E-state index contributed by atoms with van der Waals surface area (Å²) in [5.41, 5.74) is 2.19. The average molecular weight is 379 g/mol. The van der Waals surface area contributed by atoms with Crippen molar-refractivity contribution in [2.24, 2.45) is 17.8 Å². The van der Waals surface area contributed by atoms with Gasteiger partial charge in [-0.2, -0.15) is 0 Å². The first-order valence-corrected chi connectivity index (χ1v) is 9.35. The maximum atomic E-state index is 5.52. The van der Waals surface area contributed by atoms with Gasteiger partial charge in [-0.3, -0.25) is 0 Å². The monoisotopic (exact) mass is 378 g/mol. The zero-order chi connectivity index (χ0) is 14.0. The predicted molar refractivity (Wildman–Crippen MR) is 85.4 cm³/mol. The molecule has 0 N–H and O–H groups in total. The molecule has 4 aliphatic carbocycles. The molecular weight excluding hydrogens is 356 g/mol. The lowest BCUT2D eigenvalue weighted by atomic mass is 9.49. The van der Waals surface area contributed by atoms with Crippen LogP contribution in [0.1, 0.15) is 44.2 Å². The minimum atomic E-state index is 0. The molecule has 1 aromatic rings. The van der Waals surface area contributed by atoms with Crippen LogP contribution in [-0.4, -0.2) is 13.1 Å². The Bertz CT molecular complexity index is 594. The van der Waals surface area contributed by atoms with E-state index in [2.05, 4.69) is 20.8 Å². The Hall–Kier alpha value is -0.530. The van der Waals surface area contributed by atoms with E-state index in [1.54, 1.807) is 5.69 Å². The summed E-state index contributed by atoms with van der Waals surface area (Å²) in [5, 5.41) is 3.89. The molecule has 0 amide bonds. The first kappa shape index (κ1) is 15.0. The smallest absolute Gasteiger partial charge is 0.337 e. The molecule has 118 valence electrons. The van der Waals surface area contributed by atoms with E-state index in [1.165, 1.54) is 43.7 Å². The molecule has 22 heavy (non-hydrogen) atoms. The van der Waals surface area contributed by atoms with Crippen molar-refractivity contribution < 1.29 is 21.5 Å². The minimum absolute atomic E-state index is 0. The van der Waals surface area contributed by atoms with Crippen molar-refractivity contribution in [3.05, 3.63) is 11.1 Å². The van der Waals surface area contributed by atoms with Gasteiger partial charge in [-0.25, -0.2) is 9.47 Å². The van der Waals surface area contributed by atoms with E-state index in [0.29, 0.717) is 5.41 Å². The molecule has 0 atom stereocenters. The third-order valence-electron chi connectivity index (χ3n) is 6.53. The molecule has 0 saturated heterocycles. The second-order valence-electron chi connectivity index (χ2n) is 7.88. The first-order chi connectivity index (χ1) is 10.3. The third-order valence-corrected chi connectivity index (χ3v) is 7.56. The van der Waals surface area contributed by atoms with Gasteiger partial charge in [0.05, 0.1) is 0 Å². The van der Waals surface area contributed by atoms with Crippen molar-refractivity contribution in [1.29, 1.82) is 0 Å². The molecule has 2 nitrogen and oxygen atoms in total. The van der Waals surface area contributed by atoms with E-state index in [0.717, 1.165) is 37.4 Å². The van der Waals surface area contributed by atoms with E-state index in [4.69, 9.17) is 6.42 Å². The molecule has 0 aromatic carbocycles. The number of fused-ring (bicyclic) bond motifs is 1. The molecule has 0 unspecified atom stereocenters. The highest BCUT2D eigenvalue weighted by Crippen LogP contribution is 2.60. The molecule has 4 fully saturated rings. The number of halogens is 1. The topological polar surface area (TPSA) is 7.12 Å².